The number of benzene rings is 2. The summed E-state index contributed by atoms with van der Waals surface area (Å²) in [6.45, 7) is 1.71. The number of fused-ring (bicyclic) bond motifs is 1. The number of hydrogen-bond acceptors (Lipinski definition) is 3. The van der Waals surface area contributed by atoms with Gasteiger partial charge in [-0.1, -0.05) is 40.2 Å². The second kappa shape index (κ2) is 5.56. The third-order valence-electron chi connectivity index (χ3n) is 3.66. The number of furan rings is 1. The molecule has 0 saturated carbocycles. The molecule has 0 atom stereocenters. The first-order chi connectivity index (χ1) is 10.7. The van der Waals surface area contributed by atoms with Crippen LogP contribution in [0.25, 0.3) is 22.3 Å². The summed E-state index contributed by atoms with van der Waals surface area (Å²) in [5.41, 5.74) is 2.98. The van der Waals surface area contributed by atoms with E-state index in [4.69, 9.17) is 4.42 Å². The molecule has 0 unspecified atom stereocenters. The monoisotopic (exact) mass is 418 g/mol. The standard InChI is InChI=1S/C17H12Br2N2O/c18-11-7-10-8-15(22-16(10)14(19)9-11)12-3-1-2-4-13(12)17-20-5-6-21-17/h1-4,7-9H,5-6H2,(H,20,21). The smallest absolute Gasteiger partial charge is 0.149 e. The van der Waals surface area contributed by atoms with E-state index >= 15 is 0 Å². The lowest BCUT2D eigenvalue weighted by atomic mass is 10.0. The van der Waals surface area contributed by atoms with Crippen molar-refractivity contribution >= 4 is 48.7 Å². The van der Waals surface area contributed by atoms with E-state index in [0.29, 0.717) is 0 Å². The van der Waals surface area contributed by atoms with Crippen LogP contribution < -0.4 is 5.32 Å². The molecule has 22 heavy (non-hydrogen) atoms. The van der Waals surface area contributed by atoms with Crippen molar-refractivity contribution in [3.05, 3.63) is 57.0 Å². The van der Waals surface area contributed by atoms with Crippen LogP contribution in [-0.2, 0) is 0 Å². The molecule has 3 nitrogen and oxygen atoms in total. The zero-order valence-corrected chi connectivity index (χ0v) is 14.7. The van der Waals surface area contributed by atoms with Crippen molar-refractivity contribution in [2.75, 3.05) is 13.1 Å². The van der Waals surface area contributed by atoms with E-state index in [2.05, 4.69) is 66.4 Å². The van der Waals surface area contributed by atoms with E-state index in [9.17, 15) is 0 Å². The van der Waals surface area contributed by atoms with E-state index in [1.807, 2.05) is 18.2 Å². The van der Waals surface area contributed by atoms with Crippen molar-refractivity contribution in [3.63, 3.8) is 0 Å². The Kier molecular flexibility index (Phi) is 3.54. The highest BCUT2D eigenvalue weighted by molar-refractivity contribution is 9.11. The second-order valence-electron chi connectivity index (χ2n) is 5.12. The number of halogens is 2. The van der Waals surface area contributed by atoms with Gasteiger partial charge in [0.25, 0.3) is 0 Å². The molecule has 4 rings (SSSR count). The molecule has 2 aromatic carbocycles. The van der Waals surface area contributed by atoms with Gasteiger partial charge >= 0.3 is 0 Å². The van der Waals surface area contributed by atoms with Gasteiger partial charge in [-0.15, -0.1) is 0 Å². The minimum atomic E-state index is 0.822. The highest BCUT2D eigenvalue weighted by Gasteiger charge is 2.17. The number of rotatable bonds is 2. The highest BCUT2D eigenvalue weighted by Crippen LogP contribution is 2.35. The number of amidine groups is 1. The first-order valence-electron chi connectivity index (χ1n) is 6.99. The van der Waals surface area contributed by atoms with Gasteiger partial charge in [0.1, 0.15) is 17.2 Å². The molecule has 2 heterocycles. The average molecular weight is 420 g/mol. The molecular weight excluding hydrogens is 408 g/mol. The Hall–Kier alpha value is -1.59. The van der Waals surface area contributed by atoms with Crippen LogP contribution in [0.3, 0.4) is 0 Å². The van der Waals surface area contributed by atoms with Crippen molar-refractivity contribution in [2.45, 2.75) is 0 Å². The fourth-order valence-electron chi connectivity index (χ4n) is 2.69. The number of nitrogens with zero attached hydrogens (tertiary/aromatic N) is 1. The van der Waals surface area contributed by atoms with Gasteiger partial charge in [-0.2, -0.15) is 0 Å². The van der Waals surface area contributed by atoms with Gasteiger partial charge in [0.05, 0.1) is 11.0 Å². The fourth-order valence-corrected chi connectivity index (χ4v) is 4.03. The van der Waals surface area contributed by atoms with Gasteiger partial charge in [0, 0.05) is 27.5 Å². The van der Waals surface area contributed by atoms with Gasteiger partial charge in [-0.25, -0.2) is 0 Å². The third kappa shape index (κ3) is 2.38. The van der Waals surface area contributed by atoms with Gasteiger partial charge < -0.3 is 9.73 Å². The van der Waals surface area contributed by atoms with Crippen molar-refractivity contribution in [2.24, 2.45) is 4.99 Å². The van der Waals surface area contributed by atoms with Crippen LogP contribution in [0.5, 0.6) is 0 Å². The number of hydrogen-bond donors (Lipinski definition) is 1. The molecule has 0 bridgehead atoms. The number of aliphatic imine (C=N–C) groups is 1. The van der Waals surface area contributed by atoms with Crippen LogP contribution >= 0.6 is 31.9 Å². The minimum absolute atomic E-state index is 0.822. The molecule has 5 heteroatoms. The molecule has 0 aliphatic carbocycles. The molecule has 1 aromatic heterocycles. The summed E-state index contributed by atoms with van der Waals surface area (Å²) in [6, 6.07) is 14.3. The first kappa shape index (κ1) is 14.0. The zero-order chi connectivity index (χ0) is 15.1. The average Bonchev–Trinajstić information content (AvgIpc) is 3.16. The molecule has 0 fully saturated rings. The van der Waals surface area contributed by atoms with Gasteiger partial charge in [-0.3, -0.25) is 4.99 Å². The summed E-state index contributed by atoms with van der Waals surface area (Å²) in [7, 11) is 0. The first-order valence-corrected chi connectivity index (χ1v) is 8.57. The van der Waals surface area contributed by atoms with Crippen LogP contribution in [0.4, 0.5) is 0 Å². The molecule has 1 aliphatic rings. The van der Waals surface area contributed by atoms with E-state index in [-0.39, 0.29) is 0 Å². The quantitative estimate of drug-likeness (QED) is 0.636. The fraction of sp³-hybridized carbons (Fsp3) is 0.118. The molecule has 3 aromatic rings. The summed E-state index contributed by atoms with van der Waals surface area (Å²) in [5.74, 6) is 1.79. The maximum Gasteiger partial charge on any atom is 0.149 e. The van der Waals surface area contributed by atoms with Crippen molar-refractivity contribution in [1.29, 1.82) is 0 Å². The molecule has 0 saturated heterocycles. The van der Waals surface area contributed by atoms with E-state index < -0.39 is 0 Å². The summed E-state index contributed by atoms with van der Waals surface area (Å²) in [5, 5.41) is 4.39. The van der Waals surface area contributed by atoms with Crippen LogP contribution in [0.2, 0.25) is 0 Å². The van der Waals surface area contributed by atoms with Crippen molar-refractivity contribution < 1.29 is 4.42 Å². The van der Waals surface area contributed by atoms with Crippen molar-refractivity contribution in [3.8, 4) is 11.3 Å². The summed E-state index contributed by atoms with van der Waals surface area (Å²) in [6.07, 6.45) is 0. The lowest BCUT2D eigenvalue weighted by Crippen LogP contribution is -2.20. The van der Waals surface area contributed by atoms with E-state index in [0.717, 1.165) is 55.7 Å². The maximum absolute atomic E-state index is 6.09. The predicted molar refractivity (Wildman–Crippen MR) is 96.5 cm³/mol. The summed E-state index contributed by atoms with van der Waals surface area (Å²) in [4.78, 5) is 4.52. The Morgan fingerprint density at radius 2 is 1.86 bits per heavy atom. The van der Waals surface area contributed by atoms with Gasteiger partial charge in [0.15, 0.2) is 0 Å². The highest BCUT2D eigenvalue weighted by atomic mass is 79.9. The summed E-state index contributed by atoms with van der Waals surface area (Å²) >= 11 is 7.07. The Balaban J connectivity index is 1.91. The lowest BCUT2D eigenvalue weighted by molar-refractivity contribution is 0.629. The van der Waals surface area contributed by atoms with Crippen molar-refractivity contribution in [1.82, 2.24) is 5.32 Å². The Morgan fingerprint density at radius 3 is 2.64 bits per heavy atom. The molecule has 1 aliphatic heterocycles. The van der Waals surface area contributed by atoms with Crippen LogP contribution in [0, 0.1) is 0 Å². The van der Waals surface area contributed by atoms with Gasteiger partial charge in [-0.05, 0) is 34.1 Å². The normalized spacial score (nSPS) is 14.2. The van der Waals surface area contributed by atoms with Crippen LogP contribution in [0.15, 0.2) is 60.8 Å². The molecule has 0 amide bonds. The van der Waals surface area contributed by atoms with Crippen LogP contribution in [-0.4, -0.2) is 18.9 Å². The molecule has 0 radical (unpaired) electrons. The number of nitrogens with one attached hydrogen (secondary N) is 1. The molecule has 1 N–H and O–H groups in total. The topological polar surface area (TPSA) is 37.5 Å². The minimum Gasteiger partial charge on any atom is -0.455 e. The molecule has 110 valence electrons. The van der Waals surface area contributed by atoms with Crippen LogP contribution in [0.1, 0.15) is 5.56 Å². The molecule has 0 spiro atoms. The van der Waals surface area contributed by atoms with Gasteiger partial charge in [0.2, 0.25) is 0 Å². The SMILES string of the molecule is Brc1cc(Br)c2oc(-c3ccccc3C3=NCCN3)cc2c1. The Bertz CT molecular complexity index is 899. The Morgan fingerprint density at radius 1 is 1.05 bits per heavy atom. The third-order valence-corrected chi connectivity index (χ3v) is 4.70. The predicted octanol–water partition coefficient (Wildman–Crippen LogP) is 4.97. The summed E-state index contributed by atoms with van der Waals surface area (Å²) < 4.78 is 8.05. The largest absolute Gasteiger partial charge is 0.455 e. The lowest BCUT2D eigenvalue weighted by Gasteiger charge is -2.07. The second-order valence-corrected chi connectivity index (χ2v) is 6.89. The molecular formula is C17H12Br2N2O. The maximum atomic E-state index is 6.09. The zero-order valence-electron chi connectivity index (χ0n) is 11.6. The van der Waals surface area contributed by atoms with E-state index in [1.165, 1.54) is 0 Å². The van der Waals surface area contributed by atoms with E-state index in [1.54, 1.807) is 0 Å². The Labute approximate surface area is 144 Å².